The molecule has 0 fully saturated rings. The van der Waals surface area contributed by atoms with Crippen LogP contribution in [0.2, 0.25) is 0 Å². The van der Waals surface area contributed by atoms with Gasteiger partial charge in [-0.1, -0.05) is 12.2 Å². The van der Waals surface area contributed by atoms with Crippen LogP contribution in [0.5, 0.6) is 11.5 Å². The number of allylic oxidation sites excluding steroid dienone is 4. The normalized spacial score (nSPS) is 11.0. The van der Waals surface area contributed by atoms with E-state index in [2.05, 4.69) is 0 Å². The Morgan fingerprint density at radius 1 is 0.704 bits per heavy atom. The molecular weight excluding hydrogens is 340 g/mol. The predicted octanol–water partition coefficient (Wildman–Crippen LogP) is 5.05. The summed E-state index contributed by atoms with van der Waals surface area (Å²) in [5, 5.41) is 0. The standard InChI is InChI=1S/C23H24O4/c1-26-20-14-10-18(11-15-20)22(24)8-6-4-3-5-7-9-23(25)19-12-16-21(27-2)17-13-19/h6-17H,3-5H2,1-2H3/b8-6+,9-7+. The van der Waals surface area contributed by atoms with Crippen LogP contribution in [-0.2, 0) is 0 Å². The second-order valence-electron chi connectivity index (χ2n) is 5.92. The van der Waals surface area contributed by atoms with Gasteiger partial charge in [0.15, 0.2) is 11.6 Å². The maximum atomic E-state index is 12.0. The largest absolute Gasteiger partial charge is 0.497 e. The Bertz CT molecular complexity index is 730. The van der Waals surface area contributed by atoms with Gasteiger partial charge in [-0.2, -0.15) is 0 Å². The molecule has 2 aromatic carbocycles. The number of ether oxygens (including phenoxy) is 2. The Labute approximate surface area is 160 Å². The van der Waals surface area contributed by atoms with Gasteiger partial charge in [-0.3, -0.25) is 9.59 Å². The highest BCUT2D eigenvalue weighted by molar-refractivity contribution is 6.05. The first-order valence-electron chi connectivity index (χ1n) is 8.84. The molecule has 0 aliphatic rings. The molecule has 0 atom stereocenters. The highest BCUT2D eigenvalue weighted by Gasteiger charge is 2.02. The zero-order valence-electron chi connectivity index (χ0n) is 15.7. The summed E-state index contributed by atoms with van der Waals surface area (Å²) in [5.74, 6) is 1.41. The summed E-state index contributed by atoms with van der Waals surface area (Å²) in [4.78, 5) is 24.1. The van der Waals surface area contributed by atoms with Crippen LogP contribution in [0, 0.1) is 0 Å². The summed E-state index contributed by atoms with van der Waals surface area (Å²) in [6.07, 6.45) is 9.35. The summed E-state index contributed by atoms with van der Waals surface area (Å²) < 4.78 is 10.2. The molecule has 0 aromatic heterocycles. The van der Waals surface area contributed by atoms with E-state index in [0.717, 1.165) is 30.8 Å². The first kappa shape index (κ1) is 20.2. The van der Waals surface area contributed by atoms with Crippen LogP contribution in [0.3, 0.4) is 0 Å². The molecular formula is C23H24O4. The molecule has 0 heterocycles. The first-order valence-corrected chi connectivity index (χ1v) is 8.84. The fourth-order valence-corrected chi connectivity index (χ4v) is 2.44. The number of methoxy groups -OCH3 is 2. The van der Waals surface area contributed by atoms with Crippen LogP contribution in [0.4, 0.5) is 0 Å². The molecule has 0 saturated carbocycles. The Morgan fingerprint density at radius 3 is 1.41 bits per heavy atom. The lowest BCUT2D eigenvalue weighted by Crippen LogP contribution is -1.94. The highest BCUT2D eigenvalue weighted by Crippen LogP contribution is 2.13. The number of unbranched alkanes of at least 4 members (excludes halogenated alkanes) is 2. The van der Waals surface area contributed by atoms with Crippen molar-refractivity contribution in [2.45, 2.75) is 19.3 Å². The van der Waals surface area contributed by atoms with E-state index in [-0.39, 0.29) is 11.6 Å². The predicted molar refractivity (Wildman–Crippen MR) is 107 cm³/mol. The number of benzene rings is 2. The lowest BCUT2D eigenvalue weighted by Gasteiger charge is -2.00. The minimum absolute atomic E-state index is 0.0251. The van der Waals surface area contributed by atoms with Crippen molar-refractivity contribution in [2.75, 3.05) is 14.2 Å². The number of hydrogen-bond acceptors (Lipinski definition) is 4. The number of carbonyl (C=O) groups is 2. The van der Waals surface area contributed by atoms with Crippen molar-refractivity contribution >= 4 is 11.6 Å². The lowest BCUT2D eigenvalue weighted by molar-refractivity contribution is 0.103. The molecule has 0 aliphatic heterocycles. The van der Waals surface area contributed by atoms with E-state index in [1.54, 1.807) is 74.9 Å². The maximum absolute atomic E-state index is 12.0. The molecule has 0 spiro atoms. The van der Waals surface area contributed by atoms with Crippen LogP contribution in [0.25, 0.3) is 0 Å². The molecule has 0 amide bonds. The minimum atomic E-state index is -0.0251. The van der Waals surface area contributed by atoms with Crippen LogP contribution < -0.4 is 9.47 Å². The fraction of sp³-hybridized carbons (Fsp3) is 0.217. The van der Waals surface area contributed by atoms with Gasteiger partial charge < -0.3 is 9.47 Å². The van der Waals surface area contributed by atoms with E-state index in [0.29, 0.717) is 11.1 Å². The second-order valence-corrected chi connectivity index (χ2v) is 5.92. The molecule has 0 aliphatic carbocycles. The molecule has 2 aromatic rings. The van der Waals surface area contributed by atoms with Crippen LogP contribution >= 0.6 is 0 Å². The average molecular weight is 364 g/mol. The van der Waals surface area contributed by atoms with Crippen molar-refractivity contribution in [3.63, 3.8) is 0 Å². The molecule has 0 unspecified atom stereocenters. The zero-order valence-corrected chi connectivity index (χ0v) is 15.7. The molecule has 0 radical (unpaired) electrons. The van der Waals surface area contributed by atoms with Crippen molar-refractivity contribution in [1.82, 2.24) is 0 Å². The molecule has 27 heavy (non-hydrogen) atoms. The number of rotatable bonds is 10. The Balaban J connectivity index is 1.70. The fourth-order valence-electron chi connectivity index (χ4n) is 2.44. The molecule has 0 N–H and O–H groups in total. The van der Waals surface area contributed by atoms with E-state index in [1.807, 2.05) is 12.2 Å². The third-order valence-electron chi connectivity index (χ3n) is 4.03. The maximum Gasteiger partial charge on any atom is 0.185 e. The molecule has 140 valence electrons. The van der Waals surface area contributed by atoms with Crippen molar-refractivity contribution < 1.29 is 19.1 Å². The van der Waals surface area contributed by atoms with Gasteiger partial charge in [0, 0.05) is 11.1 Å². The Kier molecular flexibility index (Phi) is 8.04. The molecule has 2 rings (SSSR count). The van der Waals surface area contributed by atoms with Gasteiger partial charge in [-0.05, 0) is 79.9 Å². The number of carbonyl (C=O) groups excluding carboxylic acids is 2. The van der Waals surface area contributed by atoms with E-state index < -0.39 is 0 Å². The van der Waals surface area contributed by atoms with Gasteiger partial charge in [0.1, 0.15) is 11.5 Å². The van der Waals surface area contributed by atoms with Crippen molar-refractivity contribution in [2.24, 2.45) is 0 Å². The highest BCUT2D eigenvalue weighted by atomic mass is 16.5. The van der Waals surface area contributed by atoms with Gasteiger partial charge >= 0.3 is 0 Å². The average Bonchev–Trinajstić information content (AvgIpc) is 2.72. The minimum Gasteiger partial charge on any atom is -0.497 e. The third-order valence-corrected chi connectivity index (χ3v) is 4.03. The molecule has 4 nitrogen and oxygen atoms in total. The van der Waals surface area contributed by atoms with Crippen LogP contribution in [0.15, 0.2) is 72.8 Å². The lowest BCUT2D eigenvalue weighted by atomic mass is 10.1. The Hall–Kier alpha value is -3.14. The van der Waals surface area contributed by atoms with E-state index in [1.165, 1.54) is 0 Å². The van der Waals surface area contributed by atoms with Crippen molar-refractivity contribution in [1.29, 1.82) is 0 Å². The van der Waals surface area contributed by atoms with Gasteiger partial charge in [-0.25, -0.2) is 0 Å². The van der Waals surface area contributed by atoms with E-state index >= 15 is 0 Å². The first-order chi connectivity index (χ1) is 13.1. The van der Waals surface area contributed by atoms with Crippen LogP contribution in [-0.4, -0.2) is 25.8 Å². The molecule has 0 bridgehead atoms. The Morgan fingerprint density at radius 2 is 1.07 bits per heavy atom. The summed E-state index contributed by atoms with van der Waals surface area (Å²) in [6.45, 7) is 0. The van der Waals surface area contributed by atoms with E-state index in [9.17, 15) is 9.59 Å². The van der Waals surface area contributed by atoms with Gasteiger partial charge in [0.25, 0.3) is 0 Å². The van der Waals surface area contributed by atoms with Gasteiger partial charge in [0.05, 0.1) is 14.2 Å². The van der Waals surface area contributed by atoms with Crippen molar-refractivity contribution in [3.05, 3.63) is 84.0 Å². The summed E-state index contributed by atoms with van der Waals surface area (Å²) >= 11 is 0. The number of ketones is 2. The third kappa shape index (κ3) is 6.59. The molecule has 4 heteroatoms. The topological polar surface area (TPSA) is 52.6 Å². The number of hydrogen-bond donors (Lipinski definition) is 0. The SMILES string of the molecule is COc1ccc(C(=O)/C=C/CCC/C=C/C(=O)c2ccc(OC)cc2)cc1. The van der Waals surface area contributed by atoms with E-state index in [4.69, 9.17) is 9.47 Å². The van der Waals surface area contributed by atoms with Gasteiger partial charge in [0.2, 0.25) is 0 Å². The monoisotopic (exact) mass is 364 g/mol. The molecule has 0 saturated heterocycles. The summed E-state index contributed by atoms with van der Waals surface area (Å²) in [7, 11) is 3.19. The zero-order chi connectivity index (χ0) is 19.5. The summed E-state index contributed by atoms with van der Waals surface area (Å²) in [6, 6.07) is 14.1. The smallest absolute Gasteiger partial charge is 0.185 e. The van der Waals surface area contributed by atoms with Crippen LogP contribution in [0.1, 0.15) is 40.0 Å². The van der Waals surface area contributed by atoms with Gasteiger partial charge in [-0.15, -0.1) is 0 Å². The second kappa shape index (κ2) is 10.8. The van der Waals surface area contributed by atoms with Crippen molar-refractivity contribution in [3.8, 4) is 11.5 Å². The quantitative estimate of drug-likeness (QED) is 0.336. The summed E-state index contributed by atoms with van der Waals surface area (Å²) in [5.41, 5.74) is 1.27.